The normalized spacial score (nSPS) is 11.3. The van der Waals surface area contributed by atoms with Gasteiger partial charge in [0, 0.05) is 18.0 Å². The lowest BCUT2D eigenvalue weighted by molar-refractivity contribution is -0.114. The molecule has 4 N–H and O–H groups in total. The van der Waals surface area contributed by atoms with Crippen molar-refractivity contribution < 1.29 is 13.2 Å². The predicted octanol–water partition coefficient (Wildman–Crippen LogP) is 2.92. The third-order valence-corrected chi connectivity index (χ3v) is 6.03. The van der Waals surface area contributed by atoms with E-state index in [9.17, 15) is 13.2 Å². The van der Waals surface area contributed by atoms with Gasteiger partial charge in [0.15, 0.2) is 10.3 Å². The van der Waals surface area contributed by atoms with E-state index in [4.69, 9.17) is 5.14 Å². The number of aryl methyl sites for hydroxylation is 1. The number of nitrogens with zero attached hydrogens (tertiary/aromatic N) is 2. The molecule has 0 unspecified atom stereocenters. The fraction of sp³-hybridized carbons (Fsp3) is 0.133. The molecular formula is C15H15N5O3S3. The summed E-state index contributed by atoms with van der Waals surface area (Å²) in [4.78, 5) is 20.9. The number of rotatable bonds is 5. The van der Waals surface area contributed by atoms with Gasteiger partial charge in [-0.2, -0.15) is 0 Å². The molecule has 0 aliphatic carbocycles. The summed E-state index contributed by atoms with van der Waals surface area (Å²) in [6.07, 6.45) is 0. The summed E-state index contributed by atoms with van der Waals surface area (Å²) >= 11 is 2.77. The van der Waals surface area contributed by atoms with Crippen LogP contribution in [-0.2, 0) is 14.8 Å². The van der Waals surface area contributed by atoms with Crippen molar-refractivity contribution >= 4 is 54.6 Å². The first-order chi connectivity index (χ1) is 12.2. The molecular weight excluding hydrogens is 394 g/mol. The van der Waals surface area contributed by atoms with Crippen molar-refractivity contribution in [1.82, 2.24) is 9.97 Å². The molecule has 2 heterocycles. The van der Waals surface area contributed by atoms with Gasteiger partial charge in [-0.25, -0.2) is 23.5 Å². The Kier molecular flexibility index (Phi) is 5.05. The topological polar surface area (TPSA) is 127 Å². The van der Waals surface area contributed by atoms with E-state index in [2.05, 4.69) is 20.6 Å². The summed E-state index contributed by atoms with van der Waals surface area (Å²) < 4.78 is 22.6. The first-order valence-electron chi connectivity index (χ1n) is 7.33. The number of nitrogens with two attached hydrogens (primary N) is 1. The highest BCUT2D eigenvalue weighted by Gasteiger charge is 2.14. The second-order valence-corrected chi connectivity index (χ2v) is 8.77. The van der Waals surface area contributed by atoms with Crippen molar-refractivity contribution in [2.75, 3.05) is 10.6 Å². The highest BCUT2D eigenvalue weighted by atomic mass is 32.2. The number of anilines is 3. The molecule has 0 radical (unpaired) electrons. The zero-order chi connectivity index (χ0) is 18.9. The summed E-state index contributed by atoms with van der Waals surface area (Å²) in [6.45, 7) is 3.29. The minimum absolute atomic E-state index is 0.0497. The van der Waals surface area contributed by atoms with Crippen molar-refractivity contribution in [2.24, 2.45) is 5.14 Å². The van der Waals surface area contributed by atoms with Crippen LogP contribution in [0.5, 0.6) is 0 Å². The highest BCUT2D eigenvalue weighted by molar-refractivity contribution is 7.89. The number of amides is 1. The Morgan fingerprint density at radius 3 is 2.46 bits per heavy atom. The number of benzene rings is 1. The molecule has 3 rings (SSSR count). The van der Waals surface area contributed by atoms with Crippen LogP contribution < -0.4 is 15.8 Å². The molecule has 11 heteroatoms. The molecule has 136 valence electrons. The number of primary sulfonamides is 1. The van der Waals surface area contributed by atoms with Gasteiger partial charge in [-0.05, 0) is 31.2 Å². The molecule has 1 amide bonds. The SMILES string of the molecule is CC(=O)Nc1nc(C)c(-c2csc(Nc3ccc(S(N)(=O)=O)cc3)n2)s1. The third-order valence-electron chi connectivity index (χ3n) is 3.25. The van der Waals surface area contributed by atoms with Crippen LogP contribution in [0.25, 0.3) is 10.6 Å². The largest absolute Gasteiger partial charge is 0.332 e. The van der Waals surface area contributed by atoms with Crippen LogP contribution in [0.4, 0.5) is 16.0 Å². The van der Waals surface area contributed by atoms with Crippen molar-refractivity contribution in [1.29, 1.82) is 0 Å². The Morgan fingerprint density at radius 2 is 1.85 bits per heavy atom. The maximum Gasteiger partial charge on any atom is 0.238 e. The Bertz CT molecular complexity index is 1050. The Morgan fingerprint density at radius 1 is 1.15 bits per heavy atom. The van der Waals surface area contributed by atoms with E-state index in [1.54, 1.807) is 12.1 Å². The second-order valence-electron chi connectivity index (χ2n) is 5.35. The Balaban J connectivity index is 1.78. The van der Waals surface area contributed by atoms with E-state index in [1.165, 1.54) is 41.7 Å². The average molecular weight is 410 g/mol. The fourth-order valence-electron chi connectivity index (χ4n) is 2.12. The highest BCUT2D eigenvalue weighted by Crippen LogP contribution is 2.35. The third kappa shape index (κ3) is 4.25. The van der Waals surface area contributed by atoms with Gasteiger partial charge in [0.25, 0.3) is 0 Å². The van der Waals surface area contributed by atoms with Gasteiger partial charge in [-0.1, -0.05) is 11.3 Å². The lowest BCUT2D eigenvalue weighted by atomic mass is 10.3. The monoisotopic (exact) mass is 409 g/mol. The standard InChI is InChI=1S/C15H15N5O3S3/c1-8-13(25-15(17-8)18-9(2)21)12-7-24-14(20-12)19-10-3-5-11(6-4-10)26(16,22)23/h3-7H,1-2H3,(H,19,20)(H2,16,22,23)(H,17,18,21). The molecule has 0 bridgehead atoms. The van der Waals surface area contributed by atoms with Crippen LogP contribution in [-0.4, -0.2) is 24.3 Å². The Hall–Kier alpha value is -2.34. The molecule has 0 fully saturated rings. The zero-order valence-electron chi connectivity index (χ0n) is 13.8. The van der Waals surface area contributed by atoms with Crippen molar-refractivity contribution in [3.8, 4) is 10.6 Å². The van der Waals surface area contributed by atoms with Crippen LogP contribution in [0, 0.1) is 6.92 Å². The lowest BCUT2D eigenvalue weighted by Gasteiger charge is -2.03. The van der Waals surface area contributed by atoms with Gasteiger partial charge in [0.1, 0.15) is 0 Å². The Labute approximate surface area is 158 Å². The molecule has 8 nitrogen and oxygen atoms in total. The first-order valence-corrected chi connectivity index (χ1v) is 10.6. The number of sulfonamides is 1. The maximum atomic E-state index is 11.3. The quantitative estimate of drug-likeness (QED) is 0.594. The molecule has 0 saturated heterocycles. The molecule has 1 aromatic carbocycles. The molecule has 0 spiro atoms. The summed E-state index contributed by atoms with van der Waals surface area (Å²) in [5, 5.41) is 13.9. The van der Waals surface area contributed by atoms with Crippen LogP contribution in [0.3, 0.4) is 0 Å². The predicted molar refractivity (Wildman–Crippen MR) is 103 cm³/mol. The number of hydrogen-bond donors (Lipinski definition) is 3. The first kappa shape index (κ1) is 18.5. The fourth-order valence-corrected chi connectivity index (χ4v) is 4.41. The van der Waals surface area contributed by atoms with E-state index >= 15 is 0 Å². The van der Waals surface area contributed by atoms with Crippen LogP contribution in [0.2, 0.25) is 0 Å². The van der Waals surface area contributed by atoms with E-state index in [0.29, 0.717) is 16.0 Å². The van der Waals surface area contributed by atoms with Gasteiger partial charge in [0.2, 0.25) is 15.9 Å². The minimum atomic E-state index is -3.71. The van der Waals surface area contributed by atoms with Crippen LogP contribution >= 0.6 is 22.7 Å². The van der Waals surface area contributed by atoms with Crippen molar-refractivity contribution in [2.45, 2.75) is 18.7 Å². The van der Waals surface area contributed by atoms with Gasteiger partial charge in [-0.3, -0.25) is 4.79 Å². The molecule has 2 aromatic heterocycles. The smallest absolute Gasteiger partial charge is 0.238 e. The number of thiazole rings is 2. The second kappa shape index (κ2) is 7.11. The minimum Gasteiger partial charge on any atom is -0.332 e. The van der Waals surface area contributed by atoms with E-state index in [0.717, 1.165) is 16.3 Å². The molecule has 0 aliphatic heterocycles. The lowest BCUT2D eigenvalue weighted by Crippen LogP contribution is -2.11. The number of carbonyl (C=O) groups is 1. The summed E-state index contributed by atoms with van der Waals surface area (Å²) in [5.41, 5.74) is 2.23. The number of hydrogen-bond acceptors (Lipinski definition) is 8. The molecule has 0 atom stereocenters. The summed E-state index contributed by atoms with van der Waals surface area (Å²) in [6, 6.07) is 6.10. The van der Waals surface area contributed by atoms with Gasteiger partial charge in [0.05, 0.1) is 21.2 Å². The van der Waals surface area contributed by atoms with Gasteiger partial charge in [-0.15, -0.1) is 11.3 Å². The number of aromatic nitrogens is 2. The van der Waals surface area contributed by atoms with Crippen LogP contribution in [0.1, 0.15) is 12.6 Å². The van der Waals surface area contributed by atoms with Crippen LogP contribution in [0.15, 0.2) is 34.5 Å². The van der Waals surface area contributed by atoms with Crippen molar-refractivity contribution in [3.05, 3.63) is 35.3 Å². The van der Waals surface area contributed by atoms with E-state index in [1.807, 2.05) is 12.3 Å². The zero-order valence-corrected chi connectivity index (χ0v) is 16.3. The van der Waals surface area contributed by atoms with Gasteiger partial charge >= 0.3 is 0 Å². The van der Waals surface area contributed by atoms with E-state index < -0.39 is 10.0 Å². The van der Waals surface area contributed by atoms with Gasteiger partial charge < -0.3 is 10.6 Å². The maximum absolute atomic E-state index is 11.3. The molecule has 0 aliphatic rings. The van der Waals surface area contributed by atoms with E-state index in [-0.39, 0.29) is 10.8 Å². The average Bonchev–Trinajstić information content (AvgIpc) is 3.13. The molecule has 26 heavy (non-hydrogen) atoms. The number of carbonyl (C=O) groups excluding carboxylic acids is 1. The summed E-state index contributed by atoms with van der Waals surface area (Å²) in [5.74, 6) is -0.172. The number of nitrogens with one attached hydrogen (secondary N) is 2. The summed E-state index contributed by atoms with van der Waals surface area (Å²) in [7, 11) is -3.71. The molecule has 0 saturated carbocycles. The van der Waals surface area contributed by atoms with Crippen molar-refractivity contribution in [3.63, 3.8) is 0 Å². The molecule has 3 aromatic rings.